The number of carbonyl (C=O) groups excluding carboxylic acids is 2. The number of nitrogens with zero attached hydrogens (tertiary/aromatic N) is 3. The molecule has 0 radical (unpaired) electrons. The van der Waals surface area contributed by atoms with E-state index in [0.717, 1.165) is 4.31 Å². The van der Waals surface area contributed by atoms with Crippen LogP contribution in [0.2, 0.25) is 0 Å². The Morgan fingerprint density at radius 3 is 2.52 bits per heavy atom. The van der Waals surface area contributed by atoms with E-state index in [1.807, 2.05) is 0 Å². The van der Waals surface area contributed by atoms with Gasteiger partial charge in [0.2, 0.25) is 5.91 Å². The second-order valence-electron chi connectivity index (χ2n) is 8.99. The third-order valence-corrected chi connectivity index (χ3v) is 8.12. The molecule has 1 aliphatic heterocycles. The Morgan fingerprint density at radius 2 is 1.90 bits per heavy atom. The summed E-state index contributed by atoms with van der Waals surface area (Å²) in [6.45, 7) is 3.40. The van der Waals surface area contributed by atoms with Crippen molar-refractivity contribution in [1.82, 2.24) is 15.4 Å². The van der Waals surface area contributed by atoms with Crippen molar-refractivity contribution in [3.8, 4) is 5.75 Å². The number of aromatic nitrogens is 1. The number of hydrogen-bond donors (Lipinski definition) is 2. The van der Waals surface area contributed by atoms with Gasteiger partial charge in [0.05, 0.1) is 43.0 Å². The number of sulfonamides is 1. The van der Waals surface area contributed by atoms with Gasteiger partial charge in [-0.1, -0.05) is 6.07 Å². The van der Waals surface area contributed by atoms with Crippen LogP contribution in [-0.4, -0.2) is 68.7 Å². The van der Waals surface area contributed by atoms with E-state index in [4.69, 9.17) is 9.47 Å². The summed E-state index contributed by atoms with van der Waals surface area (Å²) in [5.41, 5.74) is 3.08. The lowest BCUT2D eigenvalue weighted by atomic mass is 10.0. The molecule has 2 heterocycles. The van der Waals surface area contributed by atoms with E-state index in [1.165, 1.54) is 49.7 Å². The van der Waals surface area contributed by atoms with Gasteiger partial charge < -0.3 is 14.4 Å². The van der Waals surface area contributed by atoms with Gasteiger partial charge >= 0.3 is 0 Å². The molecule has 0 spiro atoms. The predicted octanol–water partition coefficient (Wildman–Crippen LogP) is 2.79. The van der Waals surface area contributed by atoms with Gasteiger partial charge in [0, 0.05) is 31.6 Å². The average molecular weight is 567 g/mol. The second kappa shape index (κ2) is 12.7. The fourth-order valence-electron chi connectivity index (χ4n) is 4.34. The van der Waals surface area contributed by atoms with Gasteiger partial charge in [-0.2, -0.15) is 0 Å². The number of anilines is 1. The van der Waals surface area contributed by atoms with Crippen LogP contribution in [-0.2, 0) is 26.1 Å². The Kier molecular flexibility index (Phi) is 9.15. The molecule has 40 heavy (non-hydrogen) atoms. The molecule has 1 aliphatic rings. The van der Waals surface area contributed by atoms with E-state index in [-0.39, 0.29) is 28.6 Å². The largest absolute Gasteiger partial charge is 0.497 e. The molecule has 1 fully saturated rings. The highest BCUT2D eigenvalue weighted by Crippen LogP contribution is 2.34. The van der Waals surface area contributed by atoms with E-state index < -0.39 is 15.9 Å². The van der Waals surface area contributed by atoms with Crippen molar-refractivity contribution in [3.05, 3.63) is 89.3 Å². The average Bonchev–Trinajstić information content (AvgIpc) is 2.99. The molecule has 2 aromatic carbocycles. The topological polar surface area (TPSA) is 138 Å². The highest BCUT2D eigenvalue weighted by atomic mass is 32.2. The number of benzene rings is 2. The molecule has 210 valence electrons. The van der Waals surface area contributed by atoms with Crippen LogP contribution in [0.3, 0.4) is 0 Å². The van der Waals surface area contributed by atoms with Crippen LogP contribution < -0.4 is 14.5 Å². The van der Waals surface area contributed by atoms with E-state index >= 15 is 0 Å². The summed E-state index contributed by atoms with van der Waals surface area (Å²) < 4.78 is 39.6. The number of hydrogen-bond acceptors (Lipinski definition) is 8. The maximum atomic E-state index is 14.0. The van der Waals surface area contributed by atoms with Crippen molar-refractivity contribution in [1.29, 1.82) is 0 Å². The van der Waals surface area contributed by atoms with E-state index in [0.29, 0.717) is 48.7 Å². The zero-order valence-corrected chi connectivity index (χ0v) is 22.9. The molecule has 12 heteroatoms. The van der Waals surface area contributed by atoms with Crippen LogP contribution >= 0.6 is 0 Å². The molecule has 3 aromatic rings. The molecule has 2 N–H and O–H groups in total. The first-order valence-electron chi connectivity index (χ1n) is 12.4. The minimum atomic E-state index is -4.22. The van der Waals surface area contributed by atoms with Gasteiger partial charge in [-0.25, -0.2) is 13.9 Å². The monoisotopic (exact) mass is 566 g/mol. The summed E-state index contributed by atoms with van der Waals surface area (Å²) in [4.78, 5) is 31.2. The molecule has 2 amide bonds. The highest BCUT2D eigenvalue weighted by Gasteiger charge is 2.31. The Morgan fingerprint density at radius 1 is 1.18 bits per heavy atom. The van der Waals surface area contributed by atoms with Crippen molar-refractivity contribution in [2.75, 3.05) is 37.7 Å². The second-order valence-corrected chi connectivity index (χ2v) is 10.9. The molecule has 0 saturated carbocycles. The Labute approximate surface area is 232 Å². The van der Waals surface area contributed by atoms with E-state index in [1.54, 1.807) is 47.8 Å². The molecule has 0 unspecified atom stereocenters. The standard InChI is InChI=1S/C28H30N4O7S/c1-20-16-21(5-10-26(33)31-12-14-39-15-13-31)17-25(28(34)30-35)27(20)32(19-22-4-3-11-29-18-22)40(36,37)24-8-6-23(38-2)7-9-24/h3-11,16-18,35H,12-15,19H2,1-2H3,(H,30,34). The summed E-state index contributed by atoms with van der Waals surface area (Å²) in [7, 11) is -2.74. The molecule has 0 bridgehead atoms. The summed E-state index contributed by atoms with van der Waals surface area (Å²) in [6.07, 6.45) is 6.04. The van der Waals surface area contributed by atoms with Crippen molar-refractivity contribution in [3.63, 3.8) is 0 Å². The number of ether oxygens (including phenoxy) is 2. The number of aryl methyl sites for hydroxylation is 1. The summed E-state index contributed by atoms with van der Waals surface area (Å²) in [6, 6.07) is 12.4. The fourth-order valence-corrected chi connectivity index (χ4v) is 5.88. The zero-order valence-electron chi connectivity index (χ0n) is 22.1. The normalized spacial score (nSPS) is 13.7. The van der Waals surface area contributed by atoms with Crippen molar-refractivity contribution < 1.29 is 32.7 Å². The number of nitrogens with one attached hydrogen (secondary N) is 1. The number of rotatable bonds is 9. The minimum absolute atomic E-state index is 0.0213. The van der Waals surface area contributed by atoms with Gasteiger partial charge in [-0.3, -0.25) is 24.1 Å². The number of pyridine rings is 1. The number of methoxy groups -OCH3 is 1. The minimum Gasteiger partial charge on any atom is -0.497 e. The van der Waals surface area contributed by atoms with Crippen LogP contribution in [0.4, 0.5) is 5.69 Å². The van der Waals surface area contributed by atoms with Crippen molar-refractivity contribution in [2.24, 2.45) is 0 Å². The maximum Gasteiger partial charge on any atom is 0.276 e. The van der Waals surface area contributed by atoms with Crippen LogP contribution in [0.25, 0.3) is 6.08 Å². The van der Waals surface area contributed by atoms with Gasteiger partial charge in [-0.05, 0) is 72.2 Å². The van der Waals surface area contributed by atoms with Gasteiger partial charge in [0.1, 0.15) is 5.75 Å². The first-order chi connectivity index (χ1) is 19.2. The Balaban J connectivity index is 1.81. The Bertz CT molecular complexity index is 1490. The van der Waals surface area contributed by atoms with Crippen molar-refractivity contribution in [2.45, 2.75) is 18.4 Å². The van der Waals surface area contributed by atoms with E-state index in [9.17, 15) is 23.2 Å². The molecule has 1 saturated heterocycles. The molecule has 1 aromatic heterocycles. The molecule has 11 nitrogen and oxygen atoms in total. The molecule has 0 aliphatic carbocycles. The van der Waals surface area contributed by atoms with Crippen molar-refractivity contribution >= 4 is 33.6 Å². The van der Waals surface area contributed by atoms with Crippen LogP contribution in [0, 0.1) is 6.92 Å². The van der Waals surface area contributed by atoms with Crippen LogP contribution in [0.15, 0.2) is 71.9 Å². The van der Waals surface area contributed by atoms with Gasteiger partial charge in [0.15, 0.2) is 0 Å². The highest BCUT2D eigenvalue weighted by molar-refractivity contribution is 7.92. The van der Waals surface area contributed by atoms with Crippen LogP contribution in [0.5, 0.6) is 5.75 Å². The lowest BCUT2D eigenvalue weighted by Gasteiger charge is -2.28. The number of hydroxylamine groups is 1. The molecule has 0 atom stereocenters. The number of morpholine rings is 1. The first-order valence-corrected chi connectivity index (χ1v) is 13.9. The van der Waals surface area contributed by atoms with E-state index in [2.05, 4.69) is 4.98 Å². The first kappa shape index (κ1) is 28.7. The molecule has 4 rings (SSSR count). The summed E-state index contributed by atoms with van der Waals surface area (Å²) >= 11 is 0. The van der Waals surface area contributed by atoms with Gasteiger partial charge in [0.25, 0.3) is 15.9 Å². The molecular formula is C28H30N4O7S. The van der Waals surface area contributed by atoms with Crippen LogP contribution in [0.1, 0.15) is 27.0 Å². The third-order valence-electron chi connectivity index (χ3n) is 6.36. The lowest BCUT2D eigenvalue weighted by Crippen LogP contribution is -2.39. The smallest absolute Gasteiger partial charge is 0.276 e. The molecular weight excluding hydrogens is 536 g/mol. The van der Waals surface area contributed by atoms with Gasteiger partial charge in [-0.15, -0.1) is 0 Å². The number of amides is 2. The maximum absolute atomic E-state index is 14.0. The third kappa shape index (κ3) is 6.47. The number of carbonyl (C=O) groups is 2. The lowest BCUT2D eigenvalue weighted by molar-refractivity contribution is -0.129. The predicted molar refractivity (Wildman–Crippen MR) is 147 cm³/mol. The Hall–Kier alpha value is -4.26. The summed E-state index contributed by atoms with van der Waals surface area (Å²) in [5.74, 6) is -0.635. The fraction of sp³-hybridized carbons (Fsp3) is 0.250. The SMILES string of the molecule is COc1ccc(S(=O)(=O)N(Cc2cccnc2)c2c(C)cc(C=CC(=O)N3CCOCC3)cc2C(=O)NO)cc1. The quantitative estimate of drug-likeness (QED) is 0.229. The summed E-state index contributed by atoms with van der Waals surface area (Å²) in [5, 5.41) is 9.55. The zero-order chi connectivity index (χ0) is 28.7.